The molecule has 182 valence electrons. The molecule has 1 N–H and O–H groups in total. The molecular formula is C24H29F5N2O2. The van der Waals surface area contributed by atoms with E-state index in [1.165, 1.54) is 16.8 Å². The Morgan fingerprint density at radius 1 is 1.06 bits per heavy atom. The highest BCUT2D eigenvalue weighted by Crippen LogP contribution is 2.34. The molecule has 0 spiro atoms. The zero-order valence-corrected chi connectivity index (χ0v) is 19.5. The van der Waals surface area contributed by atoms with E-state index in [9.17, 15) is 26.7 Å². The van der Waals surface area contributed by atoms with Crippen LogP contribution in [0.5, 0.6) is 0 Å². The number of ketones is 1. The van der Waals surface area contributed by atoms with E-state index in [0.29, 0.717) is 17.7 Å². The minimum atomic E-state index is -4.49. The first-order chi connectivity index (χ1) is 15.2. The Bertz CT molecular complexity index is 1080. The standard InChI is InChI=1S/C15H9F5N2.C7H14O2.C2H6/c1-8-14(9-2-3-11(16)12(17)6-9)13-7-10(15(18,19)20)4-5-22(13)21-8;1-4-6(8)5-7(2,3)9;1-2/h2-7H,1H3;9H,4-5H2,1-3H3;1-2H3. The summed E-state index contributed by atoms with van der Waals surface area (Å²) in [6.45, 7) is 10.7. The molecule has 0 radical (unpaired) electrons. The van der Waals surface area contributed by atoms with Crippen LogP contribution in [0.2, 0.25) is 0 Å². The number of benzene rings is 1. The Morgan fingerprint density at radius 3 is 2.12 bits per heavy atom. The highest BCUT2D eigenvalue weighted by molar-refractivity contribution is 5.82. The third kappa shape index (κ3) is 7.92. The predicted octanol–water partition coefficient (Wildman–Crippen LogP) is 6.76. The summed E-state index contributed by atoms with van der Waals surface area (Å²) in [5.74, 6) is -1.97. The average molecular weight is 472 g/mol. The molecule has 0 aliphatic rings. The van der Waals surface area contributed by atoms with Gasteiger partial charge < -0.3 is 5.11 Å². The molecule has 0 unspecified atom stereocenters. The largest absolute Gasteiger partial charge is 0.416 e. The molecule has 0 bridgehead atoms. The second-order valence-corrected chi connectivity index (χ2v) is 7.71. The second kappa shape index (κ2) is 11.4. The molecule has 3 aromatic rings. The van der Waals surface area contributed by atoms with Crippen molar-refractivity contribution in [2.75, 3.05) is 0 Å². The molecule has 1 aromatic carbocycles. The van der Waals surface area contributed by atoms with Crippen LogP contribution >= 0.6 is 0 Å². The maximum absolute atomic E-state index is 13.4. The van der Waals surface area contributed by atoms with Crippen molar-refractivity contribution in [3.8, 4) is 11.1 Å². The molecule has 9 heteroatoms. The summed E-state index contributed by atoms with van der Waals surface area (Å²) in [6, 6.07) is 5.04. The maximum atomic E-state index is 13.4. The number of Topliss-reactive ketones (excluding diaryl/α,β-unsaturated/α-hetero) is 1. The van der Waals surface area contributed by atoms with Gasteiger partial charge in [0.2, 0.25) is 0 Å². The number of carbonyl (C=O) groups excluding carboxylic acids is 1. The average Bonchev–Trinajstić information content (AvgIpc) is 3.05. The number of aromatic nitrogens is 2. The van der Waals surface area contributed by atoms with Gasteiger partial charge in [-0.3, -0.25) is 4.79 Å². The number of aliphatic hydroxyl groups is 1. The number of aryl methyl sites for hydroxylation is 1. The molecule has 0 saturated heterocycles. The number of pyridine rings is 1. The highest BCUT2D eigenvalue weighted by atomic mass is 19.4. The SMILES string of the molecule is CC.CCC(=O)CC(C)(C)O.Cc1nn2ccc(C(F)(F)F)cc2c1-c1ccc(F)c(F)c1. The number of halogens is 5. The van der Waals surface area contributed by atoms with Crippen molar-refractivity contribution in [2.24, 2.45) is 0 Å². The van der Waals surface area contributed by atoms with Gasteiger partial charge in [-0.1, -0.05) is 26.8 Å². The Balaban J connectivity index is 0.000000420. The Morgan fingerprint density at radius 2 is 1.67 bits per heavy atom. The number of carbonyl (C=O) groups is 1. The van der Waals surface area contributed by atoms with Crippen LogP contribution in [0.15, 0.2) is 36.5 Å². The van der Waals surface area contributed by atoms with Crippen molar-refractivity contribution >= 4 is 11.3 Å². The monoisotopic (exact) mass is 472 g/mol. The Kier molecular flexibility index (Phi) is 9.71. The first-order valence-corrected chi connectivity index (χ1v) is 10.5. The van der Waals surface area contributed by atoms with Gasteiger partial charge in [0.1, 0.15) is 5.78 Å². The number of hydrogen-bond donors (Lipinski definition) is 1. The first-order valence-electron chi connectivity index (χ1n) is 10.5. The van der Waals surface area contributed by atoms with Gasteiger partial charge in [-0.25, -0.2) is 13.3 Å². The lowest BCUT2D eigenvalue weighted by molar-refractivity contribution is -0.137. The Hall–Kier alpha value is -2.81. The topological polar surface area (TPSA) is 54.6 Å². The smallest absolute Gasteiger partial charge is 0.390 e. The van der Waals surface area contributed by atoms with Gasteiger partial charge in [0.05, 0.1) is 22.4 Å². The summed E-state index contributed by atoms with van der Waals surface area (Å²) in [5.41, 5.74) is -0.448. The van der Waals surface area contributed by atoms with Crippen LogP contribution in [0.1, 0.15) is 58.7 Å². The fourth-order valence-corrected chi connectivity index (χ4v) is 2.96. The highest BCUT2D eigenvalue weighted by Gasteiger charge is 2.31. The summed E-state index contributed by atoms with van der Waals surface area (Å²) in [5, 5.41) is 13.2. The molecule has 33 heavy (non-hydrogen) atoms. The molecular weight excluding hydrogens is 443 g/mol. The van der Waals surface area contributed by atoms with Gasteiger partial charge in [-0.05, 0) is 50.6 Å². The van der Waals surface area contributed by atoms with E-state index in [0.717, 1.165) is 24.3 Å². The van der Waals surface area contributed by atoms with E-state index >= 15 is 0 Å². The number of alkyl halides is 3. The van der Waals surface area contributed by atoms with E-state index < -0.39 is 29.0 Å². The second-order valence-electron chi connectivity index (χ2n) is 7.71. The lowest BCUT2D eigenvalue weighted by Gasteiger charge is -2.14. The summed E-state index contributed by atoms with van der Waals surface area (Å²) in [7, 11) is 0. The minimum absolute atomic E-state index is 0.113. The van der Waals surface area contributed by atoms with Gasteiger partial charge in [0.15, 0.2) is 11.6 Å². The predicted molar refractivity (Wildman–Crippen MR) is 118 cm³/mol. The van der Waals surface area contributed by atoms with Crippen LogP contribution in [0.25, 0.3) is 16.6 Å². The number of fused-ring (bicyclic) bond motifs is 1. The van der Waals surface area contributed by atoms with Crippen LogP contribution in [0, 0.1) is 18.6 Å². The molecule has 2 heterocycles. The summed E-state index contributed by atoms with van der Waals surface area (Å²) >= 11 is 0. The molecule has 0 fully saturated rings. The molecule has 0 amide bonds. The normalized spacial score (nSPS) is 11.4. The number of rotatable bonds is 4. The molecule has 2 aromatic heterocycles. The molecule has 4 nitrogen and oxygen atoms in total. The van der Waals surface area contributed by atoms with Gasteiger partial charge >= 0.3 is 6.18 Å². The van der Waals surface area contributed by atoms with Crippen LogP contribution in [-0.2, 0) is 11.0 Å². The van der Waals surface area contributed by atoms with Gasteiger partial charge in [0.25, 0.3) is 0 Å². The van der Waals surface area contributed by atoms with E-state index in [1.807, 2.05) is 13.8 Å². The van der Waals surface area contributed by atoms with Gasteiger partial charge in [-0.15, -0.1) is 0 Å². The van der Waals surface area contributed by atoms with Crippen LogP contribution in [0.4, 0.5) is 22.0 Å². The van der Waals surface area contributed by atoms with Gasteiger partial charge in [-0.2, -0.15) is 18.3 Å². The van der Waals surface area contributed by atoms with Crippen molar-refractivity contribution < 1.29 is 31.9 Å². The van der Waals surface area contributed by atoms with Crippen molar-refractivity contribution in [3.63, 3.8) is 0 Å². The zero-order chi connectivity index (χ0) is 25.6. The first kappa shape index (κ1) is 28.2. The van der Waals surface area contributed by atoms with E-state index in [2.05, 4.69) is 5.10 Å². The fourth-order valence-electron chi connectivity index (χ4n) is 2.96. The maximum Gasteiger partial charge on any atom is 0.416 e. The van der Waals surface area contributed by atoms with E-state index in [-0.39, 0.29) is 23.3 Å². The molecule has 0 atom stereocenters. The van der Waals surface area contributed by atoms with Crippen molar-refractivity contribution in [1.29, 1.82) is 0 Å². The molecule has 3 rings (SSSR count). The van der Waals surface area contributed by atoms with E-state index in [1.54, 1.807) is 27.7 Å². The lowest BCUT2D eigenvalue weighted by atomic mass is 10.0. The number of hydrogen-bond acceptors (Lipinski definition) is 3. The lowest BCUT2D eigenvalue weighted by Crippen LogP contribution is -2.22. The molecule has 0 saturated carbocycles. The van der Waals surface area contributed by atoms with Gasteiger partial charge in [0, 0.05) is 24.6 Å². The van der Waals surface area contributed by atoms with Crippen molar-refractivity contribution in [2.45, 2.75) is 66.2 Å². The summed E-state index contributed by atoms with van der Waals surface area (Å²) in [4.78, 5) is 10.7. The quantitative estimate of drug-likeness (QED) is 0.427. The molecule has 0 aliphatic carbocycles. The van der Waals surface area contributed by atoms with Crippen molar-refractivity contribution in [1.82, 2.24) is 9.61 Å². The third-order valence-electron chi connectivity index (χ3n) is 4.37. The summed E-state index contributed by atoms with van der Waals surface area (Å²) < 4.78 is 66.2. The number of nitrogens with zero attached hydrogens (tertiary/aromatic N) is 2. The minimum Gasteiger partial charge on any atom is -0.390 e. The third-order valence-corrected chi connectivity index (χ3v) is 4.37. The Labute approximate surface area is 190 Å². The van der Waals surface area contributed by atoms with Crippen LogP contribution in [0.3, 0.4) is 0 Å². The van der Waals surface area contributed by atoms with Crippen LogP contribution < -0.4 is 0 Å². The van der Waals surface area contributed by atoms with Crippen LogP contribution in [-0.4, -0.2) is 26.1 Å². The zero-order valence-electron chi connectivity index (χ0n) is 19.5. The van der Waals surface area contributed by atoms with E-state index in [4.69, 9.17) is 5.11 Å². The molecule has 0 aliphatic heterocycles. The fraction of sp³-hybridized carbons (Fsp3) is 0.417. The summed E-state index contributed by atoms with van der Waals surface area (Å²) in [6.07, 6.45) is -2.52. The van der Waals surface area contributed by atoms with Crippen molar-refractivity contribution in [3.05, 3.63) is 59.4 Å².